The van der Waals surface area contributed by atoms with Crippen LogP contribution in [0.1, 0.15) is 26.2 Å². The molecule has 68 valence electrons. The van der Waals surface area contributed by atoms with Gasteiger partial charge in [0.15, 0.2) is 0 Å². The van der Waals surface area contributed by atoms with Crippen molar-refractivity contribution in [1.82, 2.24) is 0 Å². The molecular weight excluding hydrogens is 156 g/mol. The fourth-order valence-electron chi connectivity index (χ4n) is 1.82. The predicted molar refractivity (Wildman–Crippen MR) is 43.4 cm³/mol. The van der Waals surface area contributed by atoms with E-state index in [-0.39, 0.29) is 0 Å². The molecule has 0 aliphatic carbocycles. The average molecular weight is 170 g/mol. The van der Waals surface area contributed by atoms with Gasteiger partial charge in [-0.15, -0.1) is 0 Å². The fourth-order valence-corrected chi connectivity index (χ4v) is 1.82. The molecule has 0 saturated carbocycles. The summed E-state index contributed by atoms with van der Waals surface area (Å²) in [7, 11) is 0. The molecule has 0 aromatic carbocycles. The molecule has 2 aliphatic heterocycles. The van der Waals surface area contributed by atoms with Crippen molar-refractivity contribution in [2.24, 2.45) is 0 Å². The smallest absolute Gasteiger partial charge is 0.238 e. The Bertz CT molecular complexity index is 210. The van der Waals surface area contributed by atoms with Gasteiger partial charge in [0.2, 0.25) is 5.79 Å². The van der Waals surface area contributed by atoms with Crippen LogP contribution in [0.2, 0.25) is 0 Å². The summed E-state index contributed by atoms with van der Waals surface area (Å²) in [5.74, 6) is -0.762. The van der Waals surface area contributed by atoms with Gasteiger partial charge < -0.3 is 14.6 Å². The number of hydrogen-bond acceptors (Lipinski definition) is 3. The second kappa shape index (κ2) is 2.47. The topological polar surface area (TPSA) is 38.7 Å². The summed E-state index contributed by atoms with van der Waals surface area (Å²) >= 11 is 0. The molecule has 2 heterocycles. The van der Waals surface area contributed by atoms with Crippen molar-refractivity contribution in [1.29, 1.82) is 0 Å². The van der Waals surface area contributed by atoms with E-state index in [9.17, 15) is 5.11 Å². The summed E-state index contributed by atoms with van der Waals surface area (Å²) in [4.78, 5) is 0. The van der Waals surface area contributed by atoms with E-state index in [1.54, 1.807) is 13.2 Å². The van der Waals surface area contributed by atoms with Crippen LogP contribution in [0.25, 0.3) is 0 Å². The van der Waals surface area contributed by atoms with Crippen LogP contribution in [0.5, 0.6) is 0 Å². The van der Waals surface area contributed by atoms with Gasteiger partial charge in [0, 0.05) is 12.8 Å². The molecule has 1 N–H and O–H groups in total. The maximum Gasteiger partial charge on any atom is 0.238 e. The molecule has 2 aliphatic rings. The van der Waals surface area contributed by atoms with Gasteiger partial charge in [0.1, 0.15) is 5.60 Å². The van der Waals surface area contributed by atoms with Crippen molar-refractivity contribution in [3.63, 3.8) is 0 Å². The molecule has 2 rings (SSSR count). The van der Waals surface area contributed by atoms with Crippen LogP contribution in [0.4, 0.5) is 0 Å². The standard InChI is InChI=1S/C9H14O3/c1-8(10)5-7-12-9(8)4-2-3-6-11-9/h3,6,10H,2,4-5,7H2,1H3. The Hall–Kier alpha value is -0.540. The van der Waals surface area contributed by atoms with E-state index in [4.69, 9.17) is 9.47 Å². The van der Waals surface area contributed by atoms with Crippen LogP contribution >= 0.6 is 0 Å². The van der Waals surface area contributed by atoms with Crippen LogP contribution in [-0.4, -0.2) is 23.1 Å². The van der Waals surface area contributed by atoms with Crippen molar-refractivity contribution in [2.75, 3.05) is 6.61 Å². The van der Waals surface area contributed by atoms with Gasteiger partial charge >= 0.3 is 0 Å². The highest BCUT2D eigenvalue weighted by Crippen LogP contribution is 2.42. The molecule has 0 aromatic rings. The summed E-state index contributed by atoms with van der Waals surface area (Å²) in [5.41, 5.74) is -0.836. The van der Waals surface area contributed by atoms with Gasteiger partial charge in [-0.2, -0.15) is 0 Å². The molecular formula is C9H14O3. The lowest BCUT2D eigenvalue weighted by molar-refractivity contribution is -0.258. The minimum Gasteiger partial charge on any atom is -0.467 e. The number of allylic oxidation sites excluding steroid dienone is 1. The summed E-state index contributed by atoms with van der Waals surface area (Å²) in [6.07, 6.45) is 5.89. The Balaban J connectivity index is 2.24. The zero-order valence-corrected chi connectivity index (χ0v) is 7.25. The maximum absolute atomic E-state index is 9.99. The van der Waals surface area contributed by atoms with E-state index in [0.29, 0.717) is 13.0 Å². The van der Waals surface area contributed by atoms with Gasteiger partial charge in [-0.05, 0) is 19.4 Å². The van der Waals surface area contributed by atoms with Crippen LogP contribution in [0.3, 0.4) is 0 Å². The monoisotopic (exact) mass is 170 g/mol. The predicted octanol–water partition coefficient (Wildman–Crippen LogP) is 1.18. The Morgan fingerprint density at radius 1 is 1.42 bits per heavy atom. The highest BCUT2D eigenvalue weighted by molar-refractivity contribution is 5.01. The second-order valence-corrected chi connectivity index (χ2v) is 3.65. The van der Waals surface area contributed by atoms with Crippen molar-refractivity contribution in [3.8, 4) is 0 Å². The first kappa shape index (κ1) is 8.08. The van der Waals surface area contributed by atoms with Crippen molar-refractivity contribution in [3.05, 3.63) is 12.3 Å². The quantitative estimate of drug-likeness (QED) is 0.593. The number of hydrogen-bond donors (Lipinski definition) is 1. The molecule has 12 heavy (non-hydrogen) atoms. The molecule has 1 spiro atoms. The molecule has 0 aromatic heterocycles. The first-order valence-electron chi connectivity index (χ1n) is 4.35. The zero-order valence-electron chi connectivity index (χ0n) is 7.25. The lowest BCUT2D eigenvalue weighted by Gasteiger charge is -2.38. The van der Waals surface area contributed by atoms with Crippen molar-refractivity contribution in [2.45, 2.75) is 37.6 Å². The first-order chi connectivity index (χ1) is 5.66. The van der Waals surface area contributed by atoms with E-state index < -0.39 is 11.4 Å². The normalized spacial score (nSPS) is 46.5. The summed E-state index contributed by atoms with van der Waals surface area (Å²) in [6, 6.07) is 0. The lowest BCUT2D eigenvalue weighted by Crippen LogP contribution is -2.50. The van der Waals surface area contributed by atoms with Gasteiger partial charge in [0.25, 0.3) is 0 Å². The largest absolute Gasteiger partial charge is 0.467 e. The number of ether oxygens (including phenoxy) is 2. The van der Waals surface area contributed by atoms with Crippen molar-refractivity contribution >= 4 is 0 Å². The van der Waals surface area contributed by atoms with E-state index in [1.807, 2.05) is 6.08 Å². The van der Waals surface area contributed by atoms with E-state index in [0.717, 1.165) is 12.8 Å². The highest BCUT2D eigenvalue weighted by Gasteiger charge is 2.54. The zero-order chi connectivity index (χ0) is 8.66. The Morgan fingerprint density at radius 2 is 2.25 bits per heavy atom. The minimum absolute atomic E-state index is 0.584. The summed E-state index contributed by atoms with van der Waals surface area (Å²) in [5, 5.41) is 9.99. The molecule has 1 saturated heterocycles. The second-order valence-electron chi connectivity index (χ2n) is 3.65. The first-order valence-corrected chi connectivity index (χ1v) is 4.35. The highest BCUT2D eigenvalue weighted by atomic mass is 16.7. The SMILES string of the molecule is CC1(O)CCOC12CCC=CO2. The fraction of sp³-hybridized carbons (Fsp3) is 0.778. The average Bonchev–Trinajstić information content (AvgIpc) is 2.30. The summed E-state index contributed by atoms with van der Waals surface area (Å²) in [6.45, 7) is 2.36. The molecule has 0 bridgehead atoms. The van der Waals surface area contributed by atoms with Gasteiger partial charge in [0.05, 0.1) is 12.9 Å². The Labute approximate surface area is 72.0 Å². The third kappa shape index (κ3) is 0.967. The molecule has 0 amide bonds. The molecule has 0 radical (unpaired) electrons. The van der Waals surface area contributed by atoms with Gasteiger partial charge in [-0.25, -0.2) is 0 Å². The Kier molecular flexibility index (Phi) is 1.66. The third-order valence-electron chi connectivity index (χ3n) is 2.74. The van der Waals surface area contributed by atoms with E-state index >= 15 is 0 Å². The van der Waals surface area contributed by atoms with Crippen LogP contribution < -0.4 is 0 Å². The van der Waals surface area contributed by atoms with Crippen LogP contribution in [0.15, 0.2) is 12.3 Å². The van der Waals surface area contributed by atoms with Crippen LogP contribution in [0, 0.1) is 0 Å². The summed E-state index contributed by atoms with van der Waals surface area (Å²) < 4.78 is 10.9. The lowest BCUT2D eigenvalue weighted by atomic mass is 9.90. The molecule has 3 heteroatoms. The van der Waals surface area contributed by atoms with Gasteiger partial charge in [-0.1, -0.05) is 0 Å². The number of aliphatic hydroxyl groups is 1. The molecule has 1 fully saturated rings. The van der Waals surface area contributed by atoms with E-state index in [2.05, 4.69) is 0 Å². The van der Waals surface area contributed by atoms with E-state index in [1.165, 1.54) is 0 Å². The maximum atomic E-state index is 9.99. The van der Waals surface area contributed by atoms with Crippen molar-refractivity contribution < 1.29 is 14.6 Å². The number of rotatable bonds is 0. The van der Waals surface area contributed by atoms with Crippen LogP contribution in [-0.2, 0) is 9.47 Å². The Morgan fingerprint density at radius 3 is 2.75 bits per heavy atom. The molecule has 2 atom stereocenters. The molecule has 2 unspecified atom stereocenters. The van der Waals surface area contributed by atoms with Gasteiger partial charge in [-0.3, -0.25) is 0 Å². The third-order valence-corrected chi connectivity index (χ3v) is 2.74. The minimum atomic E-state index is -0.836. The molecule has 3 nitrogen and oxygen atoms in total.